The van der Waals surface area contributed by atoms with Gasteiger partial charge in [-0.2, -0.15) is 0 Å². The molecule has 0 saturated carbocycles. The van der Waals surface area contributed by atoms with Crippen molar-refractivity contribution in [2.45, 2.75) is 18.7 Å². The summed E-state index contributed by atoms with van der Waals surface area (Å²) in [6.07, 6.45) is 1.70. The molecule has 1 aliphatic rings. The van der Waals surface area contributed by atoms with Crippen molar-refractivity contribution in [3.05, 3.63) is 33.8 Å². The van der Waals surface area contributed by atoms with Crippen molar-refractivity contribution >= 4 is 39.2 Å². The van der Waals surface area contributed by atoms with Crippen LogP contribution in [0.25, 0.3) is 0 Å². The van der Waals surface area contributed by atoms with Gasteiger partial charge in [-0.15, -0.1) is 0 Å². The van der Waals surface area contributed by atoms with Crippen LogP contribution in [-0.2, 0) is 4.79 Å². The molecule has 0 radical (unpaired) electrons. The predicted molar refractivity (Wildman–Crippen MR) is 71.8 cm³/mol. The lowest BCUT2D eigenvalue weighted by Gasteiger charge is -2.17. The minimum Gasteiger partial charge on any atom is -0.335 e. The third-order valence-corrected chi connectivity index (χ3v) is 3.94. The standard InChI is InChI=1S/C12H12BrNOS/c1-3-14-10-7-9(13)4-5-11(10)16-12(14)6-8(2)15/h4-7H,3H2,1-2H3. The monoisotopic (exact) mass is 297 g/mol. The molecule has 0 fully saturated rings. The first-order valence-electron chi connectivity index (χ1n) is 5.09. The van der Waals surface area contributed by atoms with E-state index in [0.717, 1.165) is 16.0 Å². The van der Waals surface area contributed by atoms with Crippen molar-refractivity contribution in [2.24, 2.45) is 0 Å². The fourth-order valence-electron chi connectivity index (χ4n) is 1.68. The number of halogens is 1. The number of anilines is 1. The topological polar surface area (TPSA) is 20.3 Å². The maximum atomic E-state index is 11.2. The minimum atomic E-state index is 0.0906. The first kappa shape index (κ1) is 11.7. The molecule has 2 rings (SSSR count). The third-order valence-electron chi connectivity index (χ3n) is 2.34. The molecular weight excluding hydrogens is 286 g/mol. The largest absolute Gasteiger partial charge is 0.335 e. The fraction of sp³-hybridized carbons (Fsp3) is 0.250. The molecular formula is C12H12BrNOS. The van der Waals surface area contributed by atoms with Crippen LogP contribution in [0.4, 0.5) is 5.69 Å². The molecule has 84 valence electrons. The van der Waals surface area contributed by atoms with Crippen LogP contribution in [0.2, 0.25) is 0 Å². The second-order valence-electron chi connectivity index (χ2n) is 3.55. The van der Waals surface area contributed by atoms with Gasteiger partial charge in [0.15, 0.2) is 5.78 Å². The number of nitrogens with zero attached hydrogens (tertiary/aromatic N) is 1. The highest BCUT2D eigenvalue weighted by atomic mass is 79.9. The van der Waals surface area contributed by atoms with Crippen LogP contribution in [0, 0.1) is 0 Å². The molecule has 0 aromatic heterocycles. The molecule has 2 nitrogen and oxygen atoms in total. The highest BCUT2D eigenvalue weighted by molar-refractivity contribution is 9.10. The van der Waals surface area contributed by atoms with Crippen molar-refractivity contribution in [2.75, 3.05) is 11.4 Å². The Balaban J connectivity index is 2.44. The molecule has 0 spiro atoms. The zero-order valence-electron chi connectivity index (χ0n) is 9.16. The Hall–Kier alpha value is -0.740. The molecule has 0 unspecified atom stereocenters. The van der Waals surface area contributed by atoms with E-state index < -0.39 is 0 Å². The Morgan fingerprint density at radius 3 is 2.94 bits per heavy atom. The first-order valence-corrected chi connectivity index (χ1v) is 6.70. The lowest BCUT2D eigenvalue weighted by molar-refractivity contribution is -0.112. The average molecular weight is 298 g/mol. The lowest BCUT2D eigenvalue weighted by atomic mass is 10.3. The van der Waals surface area contributed by atoms with Crippen LogP contribution in [-0.4, -0.2) is 12.3 Å². The third kappa shape index (κ3) is 2.18. The van der Waals surface area contributed by atoms with E-state index in [0.29, 0.717) is 0 Å². The Morgan fingerprint density at radius 2 is 2.31 bits per heavy atom. The van der Waals surface area contributed by atoms with Gasteiger partial charge >= 0.3 is 0 Å². The number of fused-ring (bicyclic) bond motifs is 1. The summed E-state index contributed by atoms with van der Waals surface area (Å²) < 4.78 is 1.06. The minimum absolute atomic E-state index is 0.0906. The lowest BCUT2D eigenvalue weighted by Crippen LogP contribution is -2.17. The first-order chi connectivity index (χ1) is 7.61. The highest BCUT2D eigenvalue weighted by Gasteiger charge is 2.24. The van der Waals surface area contributed by atoms with Crippen LogP contribution in [0.5, 0.6) is 0 Å². The van der Waals surface area contributed by atoms with Gasteiger partial charge in [-0.25, -0.2) is 0 Å². The van der Waals surface area contributed by atoms with Gasteiger partial charge in [-0.05, 0) is 32.0 Å². The normalized spacial score (nSPS) is 16.7. The predicted octanol–water partition coefficient (Wildman–Crippen LogP) is 3.81. The van der Waals surface area contributed by atoms with E-state index in [1.165, 1.54) is 10.6 Å². The van der Waals surface area contributed by atoms with Crippen LogP contribution in [0.3, 0.4) is 0 Å². The van der Waals surface area contributed by atoms with Gasteiger partial charge in [-0.3, -0.25) is 4.79 Å². The van der Waals surface area contributed by atoms with Crippen LogP contribution >= 0.6 is 27.7 Å². The maximum absolute atomic E-state index is 11.2. The SMILES string of the molecule is CCN1C(=CC(C)=O)Sc2ccc(Br)cc21. The summed E-state index contributed by atoms with van der Waals surface area (Å²) in [5.74, 6) is 0.0906. The Labute approximate surface area is 108 Å². The number of hydrogen-bond donors (Lipinski definition) is 0. The summed E-state index contributed by atoms with van der Waals surface area (Å²) in [4.78, 5) is 14.5. The Kier molecular flexibility index (Phi) is 3.40. The second kappa shape index (κ2) is 4.63. The van der Waals surface area contributed by atoms with Crippen molar-refractivity contribution in [1.82, 2.24) is 0 Å². The molecule has 0 saturated heterocycles. The van der Waals surface area contributed by atoms with Crippen LogP contribution in [0.15, 0.2) is 38.7 Å². The summed E-state index contributed by atoms with van der Waals surface area (Å²) in [5, 5.41) is 1.02. The number of carbonyl (C=O) groups is 1. The molecule has 1 aromatic carbocycles. The molecule has 0 amide bonds. The van der Waals surface area contributed by atoms with Crippen molar-refractivity contribution in [1.29, 1.82) is 0 Å². The van der Waals surface area contributed by atoms with Gasteiger partial charge in [0.05, 0.1) is 10.7 Å². The smallest absolute Gasteiger partial charge is 0.155 e. The highest BCUT2D eigenvalue weighted by Crippen LogP contribution is 2.46. The summed E-state index contributed by atoms with van der Waals surface area (Å²) in [5.41, 5.74) is 1.18. The molecule has 1 aromatic rings. The summed E-state index contributed by atoms with van der Waals surface area (Å²) in [6.45, 7) is 4.54. The van der Waals surface area contributed by atoms with E-state index in [1.807, 2.05) is 6.07 Å². The van der Waals surface area contributed by atoms with Gasteiger partial charge in [0.1, 0.15) is 0 Å². The van der Waals surface area contributed by atoms with Gasteiger partial charge in [0.2, 0.25) is 0 Å². The molecule has 0 atom stereocenters. The van der Waals surface area contributed by atoms with E-state index >= 15 is 0 Å². The molecule has 4 heteroatoms. The zero-order chi connectivity index (χ0) is 11.7. The molecule has 0 N–H and O–H groups in total. The molecule has 1 aliphatic heterocycles. The van der Waals surface area contributed by atoms with E-state index in [-0.39, 0.29) is 5.78 Å². The summed E-state index contributed by atoms with van der Waals surface area (Å²) in [7, 11) is 0. The van der Waals surface area contributed by atoms with Crippen molar-refractivity contribution in [3.8, 4) is 0 Å². The molecule has 16 heavy (non-hydrogen) atoms. The number of thioether (sulfide) groups is 1. The number of allylic oxidation sites excluding steroid dienone is 1. The van der Waals surface area contributed by atoms with Crippen LogP contribution in [0.1, 0.15) is 13.8 Å². The number of benzene rings is 1. The Bertz CT molecular complexity index is 470. The van der Waals surface area contributed by atoms with Gasteiger partial charge in [0.25, 0.3) is 0 Å². The number of hydrogen-bond acceptors (Lipinski definition) is 3. The quantitative estimate of drug-likeness (QED) is 0.774. The molecule has 1 heterocycles. The van der Waals surface area contributed by atoms with E-state index in [9.17, 15) is 4.79 Å². The number of rotatable bonds is 2. The van der Waals surface area contributed by atoms with E-state index in [1.54, 1.807) is 24.8 Å². The summed E-state index contributed by atoms with van der Waals surface area (Å²) >= 11 is 5.12. The number of carbonyl (C=O) groups excluding carboxylic acids is 1. The van der Waals surface area contributed by atoms with E-state index in [2.05, 4.69) is 39.9 Å². The van der Waals surface area contributed by atoms with Crippen LogP contribution < -0.4 is 4.90 Å². The van der Waals surface area contributed by atoms with Crippen molar-refractivity contribution < 1.29 is 4.79 Å². The molecule has 0 aliphatic carbocycles. The maximum Gasteiger partial charge on any atom is 0.155 e. The average Bonchev–Trinajstić information content (AvgIpc) is 2.53. The van der Waals surface area contributed by atoms with Gasteiger partial charge in [-0.1, -0.05) is 27.7 Å². The zero-order valence-corrected chi connectivity index (χ0v) is 11.6. The number of ketones is 1. The summed E-state index contributed by atoms with van der Waals surface area (Å²) in [6, 6.07) is 6.19. The molecule has 0 bridgehead atoms. The van der Waals surface area contributed by atoms with Gasteiger partial charge in [0, 0.05) is 22.0 Å². The Morgan fingerprint density at radius 1 is 1.56 bits per heavy atom. The van der Waals surface area contributed by atoms with Crippen molar-refractivity contribution in [3.63, 3.8) is 0 Å². The second-order valence-corrected chi connectivity index (χ2v) is 5.53. The van der Waals surface area contributed by atoms with Gasteiger partial charge < -0.3 is 4.90 Å². The fourth-order valence-corrected chi connectivity index (χ4v) is 3.23. The van der Waals surface area contributed by atoms with E-state index in [4.69, 9.17) is 0 Å².